The van der Waals surface area contributed by atoms with Gasteiger partial charge in [0.15, 0.2) is 10.9 Å². The van der Waals surface area contributed by atoms with E-state index in [1.54, 1.807) is 10.6 Å². The summed E-state index contributed by atoms with van der Waals surface area (Å²) in [5.41, 5.74) is 5.63. The Labute approximate surface area is 181 Å². The summed E-state index contributed by atoms with van der Waals surface area (Å²) in [4.78, 5) is 43.9. The van der Waals surface area contributed by atoms with Gasteiger partial charge in [0.2, 0.25) is 5.91 Å². The molecule has 1 aliphatic carbocycles. The van der Waals surface area contributed by atoms with Gasteiger partial charge in [0, 0.05) is 10.9 Å². The fourth-order valence-corrected chi connectivity index (χ4v) is 5.57. The van der Waals surface area contributed by atoms with E-state index < -0.39 is 11.8 Å². The minimum atomic E-state index is -0.537. The van der Waals surface area contributed by atoms with Gasteiger partial charge in [-0.05, 0) is 44.4 Å². The quantitative estimate of drug-likeness (QED) is 0.354. The number of thiophene rings is 1. The van der Waals surface area contributed by atoms with E-state index in [4.69, 9.17) is 9.40 Å². The Morgan fingerprint density at radius 1 is 1.30 bits per heavy atom. The van der Waals surface area contributed by atoms with Crippen LogP contribution in [-0.4, -0.2) is 27.1 Å². The third-order valence-electron chi connectivity index (χ3n) is 5.29. The van der Waals surface area contributed by atoms with Crippen LogP contribution in [-0.2, 0) is 4.79 Å². The second-order valence-electron chi connectivity index (χ2n) is 7.24. The standard InChI is InChI=1S/C20H22N4O4S2/c1-11-12(2)30-18-16(11)19(27)24(13-6-3-4-7-13)20(21-18)29-10-15(25)22-23-17(26)14-8-5-9-28-14/h5,8-9,13H,3-4,6-7,10H2,1-2H3,(H,22,25)(H,23,26). The molecule has 1 saturated carbocycles. The molecule has 0 bridgehead atoms. The van der Waals surface area contributed by atoms with Crippen LogP contribution in [0, 0.1) is 13.8 Å². The van der Waals surface area contributed by atoms with Crippen LogP contribution in [0.15, 0.2) is 32.8 Å². The Morgan fingerprint density at radius 3 is 2.77 bits per heavy atom. The summed E-state index contributed by atoms with van der Waals surface area (Å²) in [6, 6.07) is 3.20. The maximum Gasteiger partial charge on any atom is 0.305 e. The molecule has 0 spiro atoms. The predicted octanol–water partition coefficient (Wildman–Crippen LogP) is 3.34. The molecule has 30 heavy (non-hydrogen) atoms. The molecule has 3 aromatic rings. The zero-order valence-corrected chi connectivity index (χ0v) is 18.3. The van der Waals surface area contributed by atoms with Gasteiger partial charge in [0.25, 0.3) is 5.56 Å². The molecule has 1 fully saturated rings. The normalized spacial score (nSPS) is 14.3. The van der Waals surface area contributed by atoms with E-state index in [1.807, 2.05) is 13.8 Å². The minimum Gasteiger partial charge on any atom is -0.459 e. The summed E-state index contributed by atoms with van der Waals surface area (Å²) in [7, 11) is 0. The summed E-state index contributed by atoms with van der Waals surface area (Å²) in [5, 5.41) is 1.23. The van der Waals surface area contributed by atoms with E-state index in [2.05, 4.69) is 10.9 Å². The van der Waals surface area contributed by atoms with Crippen LogP contribution in [0.1, 0.15) is 52.7 Å². The van der Waals surface area contributed by atoms with E-state index >= 15 is 0 Å². The highest BCUT2D eigenvalue weighted by Crippen LogP contribution is 2.34. The largest absolute Gasteiger partial charge is 0.459 e. The lowest BCUT2D eigenvalue weighted by molar-refractivity contribution is -0.119. The molecule has 3 aromatic heterocycles. The van der Waals surface area contributed by atoms with Gasteiger partial charge in [-0.25, -0.2) is 4.98 Å². The monoisotopic (exact) mass is 446 g/mol. The van der Waals surface area contributed by atoms with Crippen molar-refractivity contribution in [2.24, 2.45) is 0 Å². The number of nitrogens with one attached hydrogen (secondary N) is 2. The Bertz CT molecular complexity index is 1140. The number of fused-ring (bicyclic) bond motifs is 1. The molecule has 4 rings (SSSR count). The third kappa shape index (κ3) is 4.01. The zero-order chi connectivity index (χ0) is 21.3. The van der Waals surface area contributed by atoms with E-state index in [-0.39, 0.29) is 23.1 Å². The van der Waals surface area contributed by atoms with Crippen molar-refractivity contribution in [2.45, 2.75) is 50.7 Å². The molecule has 0 radical (unpaired) electrons. The Balaban J connectivity index is 1.52. The summed E-state index contributed by atoms with van der Waals surface area (Å²) in [6.07, 6.45) is 5.42. The SMILES string of the molecule is Cc1sc2nc(SCC(=O)NNC(=O)c3ccco3)n(C3CCCC3)c(=O)c2c1C. The van der Waals surface area contributed by atoms with Gasteiger partial charge in [0.05, 0.1) is 17.4 Å². The number of thioether (sulfide) groups is 1. The number of hydrogen-bond acceptors (Lipinski definition) is 7. The topological polar surface area (TPSA) is 106 Å². The average Bonchev–Trinajstić information content (AvgIpc) is 3.47. The molecule has 10 heteroatoms. The second kappa shape index (κ2) is 8.65. The molecule has 1 aliphatic rings. The van der Waals surface area contributed by atoms with Crippen molar-refractivity contribution < 1.29 is 14.0 Å². The summed E-state index contributed by atoms with van der Waals surface area (Å²) >= 11 is 2.71. The molecule has 2 amide bonds. The molecule has 2 N–H and O–H groups in total. The maximum absolute atomic E-state index is 13.3. The lowest BCUT2D eigenvalue weighted by Crippen LogP contribution is -2.42. The van der Waals surface area contributed by atoms with Crippen molar-refractivity contribution in [3.05, 3.63) is 45.0 Å². The molecule has 8 nitrogen and oxygen atoms in total. The molecule has 0 aliphatic heterocycles. The number of carbonyl (C=O) groups excluding carboxylic acids is 2. The van der Waals surface area contributed by atoms with Crippen LogP contribution in [0.2, 0.25) is 0 Å². The summed E-state index contributed by atoms with van der Waals surface area (Å²) in [6.45, 7) is 3.95. The summed E-state index contributed by atoms with van der Waals surface area (Å²) < 4.78 is 6.75. The van der Waals surface area contributed by atoms with Crippen molar-refractivity contribution in [3.8, 4) is 0 Å². The van der Waals surface area contributed by atoms with Crippen LogP contribution in [0.3, 0.4) is 0 Å². The number of amides is 2. The van der Waals surface area contributed by atoms with Crippen LogP contribution < -0.4 is 16.4 Å². The van der Waals surface area contributed by atoms with Crippen molar-refractivity contribution in [2.75, 3.05) is 5.75 Å². The highest BCUT2D eigenvalue weighted by molar-refractivity contribution is 7.99. The van der Waals surface area contributed by atoms with E-state index in [1.165, 1.54) is 35.4 Å². The second-order valence-corrected chi connectivity index (χ2v) is 9.39. The molecular formula is C20H22N4O4S2. The van der Waals surface area contributed by atoms with Crippen molar-refractivity contribution in [3.63, 3.8) is 0 Å². The van der Waals surface area contributed by atoms with Gasteiger partial charge in [-0.2, -0.15) is 0 Å². The van der Waals surface area contributed by atoms with Crippen molar-refractivity contribution in [1.29, 1.82) is 0 Å². The fourth-order valence-electron chi connectivity index (χ4n) is 3.64. The number of rotatable bonds is 5. The smallest absolute Gasteiger partial charge is 0.305 e. The predicted molar refractivity (Wildman–Crippen MR) is 116 cm³/mol. The lowest BCUT2D eigenvalue weighted by Gasteiger charge is -2.18. The molecule has 0 saturated heterocycles. The number of aromatic nitrogens is 2. The average molecular weight is 447 g/mol. The minimum absolute atomic E-state index is 0.0203. The van der Waals surface area contributed by atoms with Gasteiger partial charge in [0.1, 0.15) is 4.83 Å². The Kier molecular flexibility index (Phi) is 5.96. The highest BCUT2D eigenvalue weighted by atomic mass is 32.2. The van der Waals surface area contributed by atoms with Crippen LogP contribution in [0.5, 0.6) is 0 Å². The van der Waals surface area contributed by atoms with Gasteiger partial charge < -0.3 is 4.42 Å². The fraction of sp³-hybridized carbons (Fsp3) is 0.400. The number of nitrogens with zero attached hydrogens (tertiary/aromatic N) is 2. The Hall–Kier alpha value is -2.59. The number of hydrazine groups is 1. The molecule has 0 atom stereocenters. The Morgan fingerprint density at radius 2 is 2.07 bits per heavy atom. The maximum atomic E-state index is 13.3. The highest BCUT2D eigenvalue weighted by Gasteiger charge is 2.25. The first kappa shape index (κ1) is 20.7. The number of hydrogen-bond donors (Lipinski definition) is 2. The number of aryl methyl sites for hydroxylation is 2. The number of furan rings is 1. The van der Waals surface area contributed by atoms with Crippen LogP contribution >= 0.6 is 23.1 Å². The first-order valence-corrected chi connectivity index (χ1v) is 11.5. The van der Waals surface area contributed by atoms with Crippen molar-refractivity contribution >= 4 is 45.1 Å². The number of carbonyl (C=O) groups is 2. The lowest BCUT2D eigenvalue weighted by atomic mass is 10.2. The first-order chi connectivity index (χ1) is 14.5. The van der Waals surface area contributed by atoms with Crippen molar-refractivity contribution in [1.82, 2.24) is 20.4 Å². The third-order valence-corrected chi connectivity index (χ3v) is 7.34. The van der Waals surface area contributed by atoms with E-state index in [0.717, 1.165) is 36.1 Å². The van der Waals surface area contributed by atoms with Gasteiger partial charge in [-0.3, -0.25) is 29.8 Å². The van der Waals surface area contributed by atoms with Crippen LogP contribution in [0.4, 0.5) is 0 Å². The van der Waals surface area contributed by atoms with Gasteiger partial charge >= 0.3 is 5.91 Å². The zero-order valence-electron chi connectivity index (χ0n) is 16.7. The molecule has 0 unspecified atom stereocenters. The van der Waals surface area contributed by atoms with E-state index in [9.17, 15) is 14.4 Å². The van der Waals surface area contributed by atoms with E-state index in [0.29, 0.717) is 15.4 Å². The molecule has 158 valence electrons. The van der Waals surface area contributed by atoms with Gasteiger partial charge in [-0.15, -0.1) is 11.3 Å². The van der Waals surface area contributed by atoms with Crippen LogP contribution in [0.25, 0.3) is 10.2 Å². The van der Waals surface area contributed by atoms with Gasteiger partial charge in [-0.1, -0.05) is 24.6 Å². The molecular weight excluding hydrogens is 424 g/mol. The first-order valence-electron chi connectivity index (χ1n) is 9.73. The molecule has 0 aromatic carbocycles. The molecule has 3 heterocycles. The summed E-state index contributed by atoms with van der Waals surface area (Å²) in [5.74, 6) is -0.809.